The Morgan fingerprint density at radius 2 is 1.83 bits per heavy atom. The first-order chi connectivity index (χ1) is 11.2. The number of hydrogen-bond donors (Lipinski definition) is 1. The van der Waals surface area contributed by atoms with Crippen molar-refractivity contribution in [3.8, 4) is 11.4 Å². The molecule has 0 aliphatic carbocycles. The maximum atomic E-state index is 12.3. The average Bonchev–Trinajstić information content (AvgIpc) is 2.61. The number of nitrogens with zero attached hydrogens (tertiary/aromatic N) is 3. The quantitative estimate of drug-likeness (QED) is 0.805. The second-order valence-electron chi connectivity index (χ2n) is 5.10. The van der Waals surface area contributed by atoms with Gasteiger partial charge in [-0.25, -0.2) is 9.97 Å². The van der Waals surface area contributed by atoms with Gasteiger partial charge in [-0.1, -0.05) is 30.3 Å². The molecule has 0 spiro atoms. The van der Waals surface area contributed by atoms with Gasteiger partial charge in [-0.3, -0.25) is 9.78 Å². The van der Waals surface area contributed by atoms with Gasteiger partial charge < -0.3 is 5.32 Å². The largest absolute Gasteiger partial charge is 0.348 e. The molecule has 114 valence electrons. The Balaban J connectivity index is 1.74. The van der Waals surface area contributed by atoms with E-state index >= 15 is 0 Å². The minimum absolute atomic E-state index is 0.182. The molecule has 0 unspecified atom stereocenters. The summed E-state index contributed by atoms with van der Waals surface area (Å²) in [5.41, 5.74) is 3.07. The molecule has 5 nitrogen and oxygen atoms in total. The van der Waals surface area contributed by atoms with Crippen molar-refractivity contribution in [3.63, 3.8) is 0 Å². The highest BCUT2D eigenvalue weighted by molar-refractivity contribution is 5.95. The number of amides is 1. The molecule has 0 saturated heterocycles. The molecule has 0 fully saturated rings. The van der Waals surface area contributed by atoms with Gasteiger partial charge in [-0.2, -0.15) is 0 Å². The van der Waals surface area contributed by atoms with Crippen molar-refractivity contribution in [2.24, 2.45) is 0 Å². The highest BCUT2D eigenvalue weighted by Crippen LogP contribution is 2.15. The Bertz CT molecular complexity index is 804. The van der Waals surface area contributed by atoms with Gasteiger partial charge in [0.05, 0.1) is 11.3 Å². The van der Waals surface area contributed by atoms with Gasteiger partial charge >= 0.3 is 0 Å². The minimum atomic E-state index is -0.182. The van der Waals surface area contributed by atoms with Gasteiger partial charge in [-0.15, -0.1) is 0 Å². The van der Waals surface area contributed by atoms with Gasteiger partial charge in [0.1, 0.15) is 0 Å². The Labute approximate surface area is 134 Å². The lowest BCUT2D eigenvalue weighted by Crippen LogP contribution is -2.24. The Morgan fingerprint density at radius 1 is 1.09 bits per heavy atom. The third-order valence-corrected chi connectivity index (χ3v) is 3.46. The zero-order valence-corrected chi connectivity index (χ0v) is 12.7. The molecule has 0 atom stereocenters. The van der Waals surface area contributed by atoms with Gasteiger partial charge in [0.25, 0.3) is 5.91 Å². The number of benzene rings is 1. The lowest BCUT2D eigenvalue weighted by molar-refractivity contribution is 0.0949. The van der Waals surface area contributed by atoms with E-state index in [0.29, 0.717) is 23.6 Å². The normalized spacial score (nSPS) is 10.3. The Morgan fingerprint density at radius 3 is 2.52 bits per heavy atom. The molecule has 2 heterocycles. The van der Waals surface area contributed by atoms with Crippen molar-refractivity contribution in [1.82, 2.24) is 20.3 Å². The molecule has 23 heavy (non-hydrogen) atoms. The zero-order chi connectivity index (χ0) is 16.1. The van der Waals surface area contributed by atoms with Crippen LogP contribution in [0.5, 0.6) is 0 Å². The Kier molecular flexibility index (Phi) is 4.38. The number of carbonyl (C=O) groups excluding carboxylic acids is 1. The number of aryl methyl sites for hydroxylation is 1. The van der Waals surface area contributed by atoms with Crippen molar-refractivity contribution < 1.29 is 4.79 Å². The summed E-state index contributed by atoms with van der Waals surface area (Å²) in [6.45, 7) is 2.26. The van der Waals surface area contributed by atoms with Crippen LogP contribution in [0.25, 0.3) is 11.4 Å². The fourth-order valence-electron chi connectivity index (χ4n) is 2.19. The van der Waals surface area contributed by atoms with Crippen molar-refractivity contribution in [3.05, 3.63) is 77.9 Å². The molecule has 0 aliphatic rings. The van der Waals surface area contributed by atoms with Gasteiger partial charge in [0.2, 0.25) is 0 Å². The van der Waals surface area contributed by atoms with Crippen molar-refractivity contribution in [2.75, 3.05) is 0 Å². The maximum Gasteiger partial charge on any atom is 0.254 e. The summed E-state index contributed by atoms with van der Waals surface area (Å²) in [7, 11) is 0. The fraction of sp³-hybridized carbons (Fsp3) is 0.111. The molecule has 1 N–H and O–H groups in total. The van der Waals surface area contributed by atoms with Crippen LogP contribution in [0.4, 0.5) is 0 Å². The highest BCUT2D eigenvalue weighted by atomic mass is 16.1. The number of aromatic nitrogens is 3. The third-order valence-electron chi connectivity index (χ3n) is 3.46. The fourth-order valence-corrected chi connectivity index (χ4v) is 2.19. The van der Waals surface area contributed by atoms with Gasteiger partial charge in [0, 0.05) is 30.7 Å². The lowest BCUT2D eigenvalue weighted by atomic mass is 10.2. The molecule has 0 bridgehead atoms. The smallest absolute Gasteiger partial charge is 0.254 e. The molecule has 2 aromatic heterocycles. The topological polar surface area (TPSA) is 67.8 Å². The van der Waals surface area contributed by atoms with Crippen molar-refractivity contribution in [2.45, 2.75) is 13.5 Å². The second kappa shape index (κ2) is 6.79. The molecule has 5 heteroatoms. The number of carbonyl (C=O) groups is 1. The van der Waals surface area contributed by atoms with E-state index in [1.54, 1.807) is 18.6 Å². The first-order valence-corrected chi connectivity index (χ1v) is 7.30. The highest BCUT2D eigenvalue weighted by Gasteiger charge is 2.12. The second-order valence-corrected chi connectivity index (χ2v) is 5.10. The number of hydrogen-bond acceptors (Lipinski definition) is 4. The summed E-state index contributed by atoms with van der Waals surface area (Å²) in [4.78, 5) is 25.0. The number of rotatable bonds is 4. The lowest BCUT2D eigenvalue weighted by Gasteiger charge is -2.08. The van der Waals surface area contributed by atoms with E-state index in [1.165, 1.54) is 0 Å². The summed E-state index contributed by atoms with van der Waals surface area (Å²) in [5.74, 6) is 0.438. The minimum Gasteiger partial charge on any atom is -0.348 e. The van der Waals surface area contributed by atoms with E-state index in [4.69, 9.17) is 0 Å². The predicted octanol–water partition coefficient (Wildman–Crippen LogP) is 2.78. The first-order valence-electron chi connectivity index (χ1n) is 7.30. The molecular weight excluding hydrogens is 288 g/mol. The van der Waals surface area contributed by atoms with Gasteiger partial charge in [-0.05, 0) is 24.6 Å². The monoisotopic (exact) mass is 304 g/mol. The third kappa shape index (κ3) is 3.58. The van der Waals surface area contributed by atoms with E-state index < -0.39 is 0 Å². The summed E-state index contributed by atoms with van der Waals surface area (Å²) in [6.07, 6.45) is 4.97. The van der Waals surface area contributed by atoms with E-state index in [2.05, 4.69) is 20.3 Å². The standard InChI is InChI=1S/C18H16N4O/c1-13-16(18(23)21-11-14-7-9-19-10-8-14)12-20-17(22-13)15-5-3-2-4-6-15/h2-10,12H,11H2,1H3,(H,21,23). The van der Waals surface area contributed by atoms with E-state index in [9.17, 15) is 4.79 Å². The summed E-state index contributed by atoms with van der Waals surface area (Å²) >= 11 is 0. The summed E-state index contributed by atoms with van der Waals surface area (Å²) < 4.78 is 0. The maximum absolute atomic E-state index is 12.3. The van der Waals surface area contributed by atoms with Gasteiger partial charge in [0.15, 0.2) is 5.82 Å². The molecule has 0 saturated carbocycles. The van der Waals surface area contributed by atoms with E-state index in [-0.39, 0.29) is 5.91 Å². The average molecular weight is 304 g/mol. The van der Waals surface area contributed by atoms with Crippen LogP contribution in [-0.2, 0) is 6.54 Å². The van der Waals surface area contributed by atoms with E-state index in [0.717, 1.165) is 11.1 Å². The van der Waals surface area contributed by atoms with Crippen LogP contribution in [0.3, 0.4) is 0 Å². The SMILES string of the molecule is Cc1nc(-c2ccccc2)ncc1C(=O)NCc1ccncc1. The number of nitrogens with one attached hydrogen (secondary N) is 1. The molecule has 3 rings (SSSR count). The predicted molar refractivity (Wildman–Crippen MR) is 87.6 cm³/mol. The van der Waals surface area contributed by atoms with Crippen LogP contribution < -0.4 is 5.32 Å². The molecule has 0 radical (unpaired) electrons. The molecular formula is C18H16N4O. The Hall–Kier alpha value is -3.08. The van der Waals surface area contributed by atoms with Crippen LogP contribution in [0.1, 0.15) is 21.6 Å². The van der Waals surface area contributed by atoms with Crippen LogP contribution in [0, 0.1) is 6.92 Å². The van der Waals surface area contributed by atoms with E-state index in [1.807, 2.05) is 49.4 Å². The van der Waals surface area contributed by atoms with Crippen LogP contribution >= 0.6 is 0 Å². The molecule has 3 aromatic rings. The number of pyridine rings is 1. The van der Waals surface area contributed by atoms with Crippen LogP contribution in [0.15, 0.2) is 61.1 Å². The van der Waals surface area contributed by atoms with Crippen molar-refractivity contribution >= 4 is 5.91 Å². The van der Waals surface area contributed by atoms with Crippen molar-refractivity contribution in [1.29, 1.82) is 0 Å². The van der Waals surface area contributed by atoms with Crippen LogP contribution in [-0.4, -0.2) is 20.9 Å². The first kappa shape index (κ1) is 14.8. The zero-order valence-electron chi connectivity index (χ0n) is 12.7. The summed E-state index contributed by atoms with van der Waals surface area (Å²) in [5, 5.41) is 2.87. The summed E-state index contributed by atoms with van der Waals surface area (Å²) in [6, 6.07) is 13.4. The van der Waals surface area contributed by atoms with Crippen LogP contribution in [0.2, 0.25) is 0 Å². The molecule has 0 aliphatic heterocycles. The molecule has 1 aromatic carbocycles. The molecule has 1 amide bonds.